The summed E-state index contributed by atoms with van der Waals surface area (Å²) in [6, 6.07) is 5.24. The molecule has 27 heavy (non-hydrogen) atoms. The molecule has 8 heteroatoms. The number of piperazine rings is 1. The van der Waals surface area contributed by atoms with Crippen molar-refractivity contribution in [3.63, 3.8) is 0 Å². The van der Waals surface area contributed by atoms with E-state index in [1.165, 1.54) is 4.90 Å². The van der Waals surface area contributed by atoms with E-state index in [-0.39, 0.29) is 24.9 Å². The van der Waals surface area contributed by atoms with Crippen molar-refractivity contribution in [2.45, 2.75) is 44.2 Å². The highest BCUT2D eigenvalue weighted by atomic mass is 35.5. The van der Waals surface area contributed by atoms with E-state index in [2.05, 4.69) is 5.32 Å². The van der Waals surface area contributed by atoms with E-state index in [4.69, 9.17) is 23.2 Å². The van der Waals surface area contributed by atoms with Gasteiger partial charge in [-0.15, -0.1) is 0 Å². The highest BCUT2D eigenvalue weighted by Crippen LogP contribution is 2.35. The number of halogens is 2. The molecular formula is C19H23Cl2N3O3. The van der Waals surface area contributed by atoms with E-state index < -0.39 is 11.4 Å². The maximum atomic E-state index is 13.0. The minimum Gasteiger partial charge on any atom is -0.318 e. The molecule has 1 saturated carbocycles. The van der Waals surface area contributed by atoms with Gasteiger partial charge in [0.1, 0.15) is 12.1 Å². The van der Waals surface area contributed by atoms with Crippen molar-refractivity contribution in [1.82, 2.24) is 15.1 Å². The van der Waals surface area contributed by atoms with Crippen LogP contribution in [0.15, 0.2) is 18.2 Å². The Balaban J connectivity index is 1.72. The zero-order valence-corrected chi connectivity index (χ0v) is 16.8. The second-order valence-corrected chi connectivity index (χ2v) is 8.20. The molecule has 1 aromatic carbocycles. The molecule has 0 radical (unpaired) electrons. The molecule has 1 aromatic rings. The van der Waals surface area contributed by atoms with Gasteiger partial charge in [0.15, 0.2) is 0 Å². The Hall–Kier alpha value is -1.63. The van der Waals surface area contributed by atoms with Gasteiger partial charge in [0, 0.05) is 16.6 Å². The second kappa shape index (κ2) is 8.17. The molecule has 1 N–H and O–H groups in total. The van der Waals surface area contributed by atoms with E-state index >= 15 is 0 Å². The van der Waals surface area contributed by atoms with Gasteiger partial charge >= 0.3 is 0 Å². The molecule has 0 bridgehead atoms. The topological polar surface area (TPSA) is 69.7 Å². The predicted molar refractivity (Wildman–Crippen MR) is 103 cm³/mol. The van der Waals surface area contributed by atoms with E-state index in [9.17, 15) is 14.4 Å². The van der Waals surface area contributed by atoms with Gasteiger partial charge in [0.25, 0.3) is 5.91 Å². The van der Waals surface area contributed by atoms with Gasteiger partial charge in [-0.05, 0) is 37.6 Å². The third-order valence-electron chi connectivity index (χ3n) is 5.34. The van der Waals surface area contributed by atoms with Crippen molar-refractivity contribution in [3.05, 3.63) is 33.8 Å². The van der Waals surface area contributed by atoms with Crippen LogP contribution in [-0.2, 0) is 20.9 Å². The lowest BCUT2D eigenvalue weighted by molar-refractivity contribution is -0.160. The number of benzene rings is 1. The van der Waals surface area contributed by atoms with E-state index in [0.29, 0.717) is 29.4 Å². The second-order valence-electron chi connectivity index (χ2n) is 7.36. The summed E-state index contributed by atoms with van der Waals surface area (Å²) in [6.45, 7) is 0.490. The van der Waals surface area contributed by atoms with Gasteiger partial charge in [0.05, 0.1) is 6.54 Å². The van der Waals surface area contributed by atoms with Gasteiger partial charge in [-0.25, -0.2) is 0 Å². The molecular weight excluding hydrogens is 389 g/mol. The van der Waals surface area contributed by atoms with Gasteiger partial charge < -0.3 is 4.90 Å². The fraction of sp³-hybridized carbons (Fsp3) is 0.526. The molecule has 0 aromatic heterocycles. The molecule has 2 aliphatic rings. The summed E-state index contributed by atoms with van der Waals surface area (Å²) >= 11 is 12.1. The molecule has 1 aliphatic carbocycles. The number of nitrogens with one attached hydrogen (secondary N) is 1. The molecule has 146 valence electrons. The molecule has 1 spiro atoms. The lowest BCUT2D eigenvalue weighted by Gasteiger charge is -2.47. The van der Waals surface area contributed by atoms with Crippen LogP contribution in [0.1, 0.15) is 37.7 Å². The lowest BCUT2D eigenvalue weighted by atomic mass is 9.78. The van der Waals surface area contributed by atoms with Crippen molar-refractivity contribution >= 4 is 40.9 Å². The van der Waals surface area contributed by atoms with Crippen molar-refractivity contribution < 1.29 is 14.4 Å². The summed E-state index contributed by atoms with van der Waals surface area (Å²) in [5, 5.41) is 3.51. The zero-order chi connectivity index (χ0) is 19.6. The summed E-state index contributed by atoms with van der Waals surface area (Å²) in [4.78, 5) is 40.8. The molecule has 1 aliphatic heterocycles. The van der Waals surface area contributed by atoms with Crippen LogP contribution in [0.2, 0.25) is 10.0 Å². The molecule has 3 amide bonds. The van der Waals surface area contributed by atoms with Crippen molar-refractivity contribution in [1.29, 1.82) is 0 Å². The van der Waals surface area contributed by atoms with Crippen molar-refractivity contribution in [2.24, 2.45) is 0 Å². The molecule has 1 saturated heterocycles. The average molecular weight is 412 g/mol. The molecule has 0 unspecified atom stereocenters. The number of imide groups is 1. The van der Waals surface area contributed by atoms with Gasteiger partial charge in [-0.3, -0.25) is 24.6 Å². The van der Waals surface area contributed by atoms with E-state index in [0.717, 1.165) is 24.8 Å². The minimum atomic E-state index is -0.887. The Bertz CT molecular complexity index is 763. The number of nitrogens with zero attached hydrogens (tertiary/aromatic N) is 2. The Morgan fingerprint density at radius 1 is 1.22 bits per heavy atom. The number of amides is 3. The highest BCUT2D eigenvalue weighted by molar-refractivity contribution is 6.35. The number of likely N-dealkylation sites (N-methyl/N-ethyl adjacent to an activating group) is 1. The maximum Gasteiger partial charge on any atom is 0.252 e. The van der Waals surface area contributed by atoms with Crippen LogP contribution in [-0.4, -0.2) is 53.2 Å². The largest absolute Gasteiger partial charge is 0.318 e. The van der Waals surface area contributed by atoms with Gasteiger partial charge in [0.2, 0.25) is 11.8 Å². The number of carbonyl (C=O) groups excluding carboxylic acids is 3. The minimum absolute atomic E-state index is 0.0693. The van der Waals surface area contributed by atoms with Gasteiger partial charge in [-0.2, -0.15) is 0 Å². The first-order valence-electron chi connectivity index (χ1n) is 9.09. The molecule has 6 nitrogen and oxygen atoms in total. The van der Waals surface area contributed by atoms with E-state index in [1.54, 1.807) is 12.1 Å². The highest BCUT2D eigenvalue weighted by Gasteiger charge is 2.50. The molecule has 0 atom stereocenters. The fourth-order valence-electron chi connectivity index (χ4n) is 3.97. The van der Waals surface area contributed by atoms with E-state index in [1.807, 2.05) is 18.0 Å². The van der Waals surface area contributed by atoms with Crippen LogP contribution < -0.4 is 5.32 Å². The Labute approximate surface area is 168 Å². The van der Waals surface area contributed by atoms with Crippen LogP contribution in [0, 0.1) is 0 Å². The number of hydrogen-bond donors (Lipinski definition) is 1. The molecule has 1 heterocycles. The Morgan fingerprint density at radius 3 is 2.59 bits per heavy atom. The fourth-order valence-corrected chi connectivity index (χ4v) is 4.44. The summed E-state index contributed by atoms with van der Waals surface area (Å²) in [7, 11) is 1.81. The van der Waals surface area contributed by atoms with Crippen LogP contribution in [0.5, 0.6) is 0 Å². The first-order valence-corrected chi connectivity index (χ1v) is 9.85. The third kappa shape index (κ3) is 4.28. The first-order chi connectivity index (χ1) is 12.8. The summed E-state index contributed by atoms with van der Waals surface area (Å²) in [5.74, 6) is -0.976. The van der Waals surface area contributed by atoms with Crippen molar-refractivity contribution in [3.8, 4) is 0 Å². The molecule has 3 rings (SSSR count). The summed E-state index contributed by atoms with van der Waals surface area (Å²) in [5.41, 5.74) is -0.0293. The van der Waals surface area contributed by atoms with Crippen LogP contribution in [0.3, 0.4) is 0 Å². The monoisotopic (exact) mass is 411 g/mol. The standard InChI is InChI=1S/C19H23Cl2N3O3/c1-23(10-13-5-6-14(20)9-15(13)21)12-17(26)24-11-16(25)22-18(27)19(24)7-3-2-4-8-19/h5-6,9H,2-4,7-8,10-12H2,1H3,(H,22,25,27). The normalized spacial score (nSPS) is 19.5. The summed E-state index contributed by atoms with van der Waals surface area (Å²) < 4.78 is 0. The SMILES string of the molecule is CN(CC(=O)N1CC(=O)NC(=O)C12CCCCC2)Cc1ccc(Cl)cc1Cl. The van der Waals surface area contributed by atoms with Gasteiger partial charge in [-0.1, -0.05) is 48.5 Å². The number of carbonyl (C=O) groups is 3. The summed E-state index contributed by atoms with van der Waals surface area (Å²) in [6.07, 6.45) is 4.00. The maximum absolute atomic E-state index is 13.0. The lowest BCUT2D eigenvalue weighted by Crippen LogP contribution is -2.69. The average Bonchev–Trinajstić information content (AvgIpc) is 2.61. The Kier molecular flexibility index (Phi) is 6.08. The zero-order valence-electron chi connectivity index (χ0n) is 15.3. The quantitative estimate of drug-likeness (QED) is 0.772. The smallest absolute Gasteiger partial charge is 0.252 e. The number of hydrogen-bond acceptors (Lipinski definition) is 4. The first kappa shape index (κ1) is 20.1. The predicted octanol–water partition coefficient (Wildman–Crippen LogP) is 2.61. The van der Waals surface area contributed by atoms with Crippen LogP contribution in [0.25, 0.3) is 0 Å². The molecule has 2 fully saturated rings. The van der Waals surface area contributed by atoms with Crippen LogP contribution >= 0.6 is 23.2 Å². The van der Waals surface area contributed by atoms with Crippen molar-refractivity contribution in [2.75, 3.05) is 20.1 Å². The number of rotatable bonds is 4. The third-order valence-corrected chi connectivity index (χ3v) is 5.92. The Morgan fingerprint density at radius 2 is 1.93 bits per heavy atom. The van der Waals surface area contributed by atoms with Crippen LogP contribution in [0.4, 0.5) is 0 Å².